The van der Waals surface area contributed by atoms with Crippen molar-refractivity contribution in [1.82, 2.24) is 5.32 Å². The first kappa shape index (κ1) is 16.8. The van der Waals surface area contributed by atoms with Crippen molar-refractivity contribution in [2.75, 3.05) is 13.2 Å². The van der Waals surface area contributed by atoms with Gasteiger partial charge in [0.05, 0.1) is 6.61 Å². The summed E-state index contributed by atoms with van der Waals surface area (Å²) in [5.41, 5.74) is 0.228. The topological polar surface area (TPSA) is 119 Å². The van der Waals surface area contributed by atoms with Gasteiger partial charge in [-0.2, -0.15) is 0 Å². The number of aliphatic hydroxyl groups is 4. The number of aliphatic hydroxyl groups excluding tert-OH is 4. The van der Waals surface area contributed by atoms with Gasteiger partial charge in [0.2, 0.25) is 0 Å². The first-order chi connectivity index (χ1) is 10.4. The van der Waals surface area contributed by atoms with Crippen molar-refractivity contribution < 1.29 is 34.3 Å². The van der Waals surface area contributed by atoms with Gasteiger partial charge in [-0.25, -0.2) is 4.39 Å². The minimum absolute atomic E-state index is 0.141. The van der Waals surface area contributed by atoms with Crippen LogP contribution in [0.1, 0.15) is 10.4 Å². The van der Waals surface area contributed by atoms with Gasteiger partial charge in [-0.05, 0) is 24.3 Å². The van der Waals surface area contributed by atoms with Crippen LogP contribution in [-0.4, -0.2) is 70.0 Å². The Labute approximate surface area is 126 Å². The minimum atomic E-state index is -1.49. The fourth-order valence-corrected chi connectivity index (χ4v) is 2.24. The lowest BCUT2D eigenvalue weighted by Gasteiger charge is -2.40. The van der Waals surface area contributed by atoms with Crippen LogP contribution in [-0.2, 0) is 4.74 Å². The zero-order valence-electron chi connectivity index (χ0n) is 11.6. The molecule has 1 aromatic carbocycles. The molecule has 0 aromatic heterocycles. The molecular weight excluding hydrogens is 297 g/mol. The number of carbonyl (C=O) groups is 1. The number of nitrogens with one attached hydrogen (secondary N) is 1. The fourth-order valence-electron chi connectivity index (χ4n) is 2.24. The summed E-state index contributed by atoms with van der Waals surface area (Å²) in [6.45, 7) is -0.676. The number of ether oxygens (including phenoxy) is 1. The largest absolute Gasteiger partial charge is 0.394 e. The molecule has 2 rings (SSSR count). The molecule has 22 heavy (non-hydrogen) atoms. The summed E-state index contributed by atoms with van der Waals surface area (Å²) in [6.07, 6.45) is -6.35. The Balaban J connectivity index is 1.95. The van der Waals surface area contributed by atoms with Crippen LogP contribution in [0.2, 0.25) is 0 Å². The van der Waals surface area contributed by atoms with Crippen molar-refractivity contribution in [2.24, 2.45) is 0 Å². The van der Waals surface area contributed by atoms with E-state index in [9.17, 15) is 24.5 Å². The Morgan fingerprint density at radius 1 is 1.09 bits per heavy atom. The predicted octanol–water partition coefficient (Wildman–Crippen LogP) is -1.60. The molecule has 1 amide bonds. The highest BCUT2D eigenvalue weighted by Gasteiger charge is 2.43. The quantitative estimate of drug-likeness (QED) is 0.456. The summed E-state index contributed by atoms with van der Waals surface area (Å²) >= 11 is 0. The number of carbonyl (C=O) groups excluding carboxylic acids is 1. The summed E-state index contributed by atoms with van der Waals surface area (Å²) in [5, 5.41) is 40.6. The van der Waals surface area contributed by atoms with Crippen LogP contribution in [0.4, 0.5) is 4.39 Å². The molecule has 122 valence electrons. The molecule has 0 radical (unpaired) electrons. The number of hydrogen-bond acceptors (Lipinski definition) is 6. The zero-order chi connectivity index (χ0) is 16.3. The van der Waals surface area contributed by atoms with E-state index in [2.05, 4.69) is 5.32 Å². The normalized spacial score (nSPS) is 31.8. The highest BCUT2D eigenvalue weighted by atomic mass is 19.1. The Bertz CT molecular complexity index is 509. The highest BCUT2D eigenvalue weighted by Crippen LogP contribution is 2.20. The van der Waals surface area contributed by atoms with Crippen LogP contribution in [0.3, 0.4) is 0 Å². The van der Waals surface area contributed by atoms with E-state index in [1.54, 1.807) is 0 Å². The van der Waals surface area contributed by atoms with E-state index in [1.165, 1.54) is 12.1 Å². The third-order valence-corrected chi connectivity index (χ3v) is 3.56. The van der Waals surface area contributed by atoms with Crippen molar-refractivity contribution in [3.8, 4) is 0 Å². The maximum absolute atomic E-state index is 12.8. The smallest absolute Gasteiger partial charge is 0.251 e. The van der Waals surface area contributed by atoms with Crippen LogP contribution in [0, 0.1) is 5.82 Å². The van der Waals surface area contributed by atoms with Crippen LogP contribution in [0.15, 0.2) is 24.3 Å². The maximum atomic E-state index is 12.8. The molecule has 1 aromatic rings. The minimum Gasteiger partial charge on any atom is -0.394 e. The Morgan fingerprint density at radius 3 is 2.27 bits per heavy atom. The Hall–Kier alpha value is -1.58. The van der Waals surface area contributed by atoms with Crippen molar-refractivity contribution in [3.63, 3.8) is 0 Å². The van der Waals surface area contributed by atoms with Gasteiger partial charge in [-0.15, -0.1) is 0 Å². The number of halogens is 1. The van der Waals surface area contributed by atoms with Gasteiger partial charge >= 0.3 is 0 Å². The van der Waals surface area contributed by atoms with Gasteiger partial charge in [0, 0.05) is 12.1 Å². The van der Waals surface area contributed by atoms with E-state index < -0.39 is 48.9 Å². The van der Waals surface area contributed by atoms with E-state index >= 15 is 0 Å². The Morgan fingerprint density at radius 2 is 1.68 bits per heavy atom. The monoisotopic (exact) mass is 315 g/mol. The predicted molar refractivity (Wildman–Crippen MR) is 72.5 cm³/mol. The number of amides is 1. The summed E-state index contributed by atoms with van der Waals surface area (Å²) in [7, 11) is 0. The molecule has 0 spiro atoms. The molecule has 5 atom stereocenters. The van der Waals surface area contributed by atoms with E-state index in [-0.39, 0.29) is 12.1 Å². The number of rotatable bonds is 4. The standard InChI is InChI=1S/C14H18FNO6/c15-8-3-1-7(2-4-8)14(21)16-5-9-11(18)13(20)12(19)10(6-17)22-9/h1-4,9-13,17-20H,5-6H2,(H,16,21)/t9-,10+,11-,12+,13+/m0/s1. The lowest BCUT2D eigenvalue weighted by molar-refractivity contribution is -0.227. The summed E-state index contributed by atoms with van der Waals surface area (Å²) in [4.78, 5) is 11.9. The molecule has 0 aliphatic carbocycles. The zero-order valence-corrected chi connectivity index (χ0v) is 11.6. The average Bonchev–Trinajstić information content (AvgIpc) is 2.52. The Kier molecular flexibility index (Phi) is 5.43. The first-order valence-corrected chi connectivity index (χ1v) is 6.78. The molecule has 0 saturated carbocycles. The molecule has 1 fully saturated rings. The second kappa shape index (κ2) is 7.12. The van der Waals surface area contributed by atoms with Crippen LogP contribution < -0.4 is 5.32 Å². The lowest BCUT2D eigenvalue weighted by Crippen LogP contribution is -2.60. The number of hydrogen-bond donors (Lipinski definition) is 5. The molecular formula is C14H18FNO6. The number of benzene rings is 1. The summed E-state index contributed by atoms with van der Waals surface area (Å²) in [5.74, 6) is -0.970. The SMILES string of the molecule is O=C(NC[C@@H]1O[C@H](CO)[C@@H](O)[C@H](O)[C@H]1O)c1ccc(F)cc1. The van der Waals surface area contributed by atoms with Crippen LogP contribution in [0.5, 0.6) is 0 Å². The fraction of sp³-hybridized carbons (Fsp3) is 0.500. The summed E-state index contributed by atoms with van der Waals surface area (Å²) in [6, 6.07) is 4.89. The van der Waals surface area contributed by atoms with E-state index in [0.717, 1.165) is 12.1 Å². The van der Waals surface area contributed by atoms with Gasteiger partial charge in [-0.3, -0.25) is 4.79 Å². The lowest BCUT2D eigenvalue weighted by atomic mass is 9.95. The molecule has 5 N–H and O–H groups in total. The van der Waals surface area contributed by atoms with Crippen LogP contribution >= 0.6 is 0 Å². The van der Waals surface area contributed by atoms with E-state index in [1.807, 2.05) is 0 Å². The van der Waals surface area contributed by atoms with Gasteiger partial charge < -0.3 is 30.5 Å². The van der Waals surface area contributed by atoms with Gasteiger partial charge in [0.25, 0.3) is 5.91 Å². The van der Waals surface area contributed by atoms with Crippen molar-refractivity contribution in [3.05, 3.63) is 35.6 Å². The molecule has 1 saturated heterocycles. The first-order valence-electron chi connectivity index (χ1n) is 6.78. The molecule has 8 heteroatoms. The van der Waals surface area contributed by atoms with Gasteiger partial charge in [-0.1, -0.05) is 0 Å². The van der Waals surface area contributed by atoms with Crippen molar-refractivity contribution >= 4 is 5.91 Å². The molecule has 0 bridgehead atoms. The molecule has 1 heterocycles. The summed E-state index contributed by atoms with van der Waals surface area (Å²) < 4.78 is 18.0. The van der Waals surface area contributed by atoms with Gasteiger partial charge in [0.1, 0.15) is 36.3 Å². The van der Waals surface area contributed by atoms with Crippen molar-refractivity contribution in [2.45, 2.75) is 30.5 Å². The van der Waals surface area contributed by atoms with E-state index in [0.29, 0.717) is 0 Å². The van der Waals surface area contributed by atoms with Crippen molar-refractivity contribution in [1.29, 1.82) is 0 Å². The second-order valence-corrected chi connectivity index (χ2v) is 5.08. The van der Waals surface area contributed by atoms with E-state index in [4.69, 9.17) is 9.84 Å². The second-order valence-electron chi connectivity index (χ2n) is 5.08. The average molecular weight is 315 g/mol. The third kappa shape index (κ3) is 3.60. The molecule has 1 aliphatic heterocycles. The molecule has 1 aliphatic rings. The molecule has 0 unspecified atom stereocenters. The van der Waals surface area contributed by atoms with Crippen LogP contribution in [0.25, 0.3) is 0 Å². The highest BCUT2D eigenvalue weighted by molar-refractivity contribution is 5.94. The molecule has 7 nitrogen and oxygen atoms in total. The van der Waals surface area contributed by atoms with Gasteiger partial charge in [0.15, 0.2) is 0 Å². The maximum Gasteiger partial charge on any atom is 0.251 e. The third-order valence-electron chi connectivity index (χ3n) is 3.56.